The quantitative estimate of drug-likeness (QED) is 0.751. The topological polar surface area (TPSA) is 73.0 Å². The minimum atomic E-state index is -0.225. The van der Waals surface area contributed by atoms with Crippen molar-refractivity contribution in [2.75, 3.05) is 18.0 Å². The van der Waals surface area contributed by atoms with E-state index in [1.807, 2.05) is 0 Å². The van der Waals surface area contributed by atoms with Gasteiger partial charge in [-0.2, -0.15) is 5.26 Å². The monoisotopic (exact) mass is 218 g/mol. The van der Waals surface area contributed by atoms with Crippen LogP contribution in [0.3, 0.4) is 0 Å². The van der Waals surface area contributed by atoms with Crippen LogP contribution in [0.25, 0.3) is 0 Å². The number of aliphatic hydroxyl groups excluding tert-OH is 1. The highest BCUT2D eigenvalue weighted by Crippen LogP contribution is 2.19. The highest BCUT2D eigenvalue weighted by Gasteiger charge is 2.18. The highest BCUT2D eigenvalue weighted by molar-refractivity contribution is 5.52. The van der Waals surface area contributed by atoms with E-state index >= 15 is 0 Å². The molecule has 1 unspecified atom stereocenters. The maximum Gasteiger partial charge on any atom is 0.149 e. The molecule has 1 aromatic heterocycles. The summed E-state index contributed by atoms with van der Waals surface area (Å²) in [7, 11) is 0. The van der Waals surface area contributed by atoms with E-state index in [0.717, 1.165) is 32.4 Å². The molecule has 5 nitrogen and oxygen atoms in total. The summed E-state index contributed by atoms with van der Waals surface area (Å²) < 4.78 is 0. The molecule has 1 aromatic rings. The first kappa shape index (κ1) is 10.8. The number of aromatic nitrogens is 2. The molecule has 1 saturated heterocycles. The Kier molecular flexibility index (Phi) is 3.32. The van der Waals surface area contributed by atoms with Crippen LogP contribution in [0.2, 0.25) is 0 Å². The molecule has 0 aromatic carbocycles. The maximum atomic E-state index is 9.56. The third kappa shape index (κ3) is 2.28. The van der Waals surface area contributed by atoms with Crippen molar-refractivity contribution in [2.45, 2.75) is 25.4 Å². The molecule has 0 saturated carbocycles. The summed E-state index contributed by atoms with van der Waals surface area (Å²) in [6.45, 7) is 1.58. The van der Waals surface area contributed by atoms with Gasteiger partial charge in [0.25, 0.3) is 0 Å². The van der Waals surface area contributed by atoms with Gasteiger partial charge in [-0.3, -0.25) is 0 Å². The number of hydrogen-bond donors (Lipinski definition) is 1. The predicted octanol–water partition coefficient (Wildman–Crippen LogP) is 0.699. The Morgan fingerprint density at radius 2 is 2.31 bits per heavy atom. The summed E-state index contributed by atoms with van der Waals surface area (Å²) in [5.41, 5.74) is 0.499. The summed E-state index contributed by atoms with van der Waals surface area (Å²) >= 11 is 0. The fourth-order valence-electron chi connectivity index (χ4n) is 1.94. The first-order valence-electron chi connectivity index (χ1n) is 5.44. The van der Waals surface area contributed by atoms with Crippen molar-refractivity contribution in [3.8, 4) is 6.07 Å². The molecule has 84 valence electrons. The summed E-state index contributed by atoms with van der Waals surface area (Å²) in [5, 5.41) is 18.5. The van der Waals surface area contributed by atoms with Gasteiger partial charge in [-0.1, -0.05) is 0 Å². The summed E-state index contributed by atoms with van der Waals surface area (Å²) in [6.07, 6.45) is 5.24. The molecular formula is C11H14N4O. The molecule has 16 heavy (non-hydrogen) atoms. The molecule has 0 spiro atoms. The normalized spacial score (nSPS) is 21.2. The molecule has 0 amide bonds. The molecule has 1 aliphatic heterocycles. The average Bonchev–Trinajstić information content (AvgIpc) is 2.54. The largest absolute Gasteiger partial charge is 0.393 e. The van der Waals surface area contributed by atoms with E-state index in [-0.39, 0.29) is 6.10 Å². The first-order chi connectivity index (χ1) is 7.81. The van der Waals surface area contributed by atoms with Crippen LogP contribution in [0.1, 0.15) is 24.8 Å². The van der Waals surface area contributed by atoms with Crippen LogP contribution in [-0.2, 0) is 0 Å². The number of aliphatic hydroxyl groups is 1. The van der Waals surface area contributed by atoms with E-state index in [2.05, 4.69) is 20.9 Å². The molecule has 2 heterocycles. The van der Waals surface area contributed by atoms with E-state index in [9.17, 15) is 5.11 Å². The lowest BCUT2D eigenvalue weighted by molar-refractivity contribution is 0.161. The minimum Gasteiger partial charge on any atom is -0.393 e. The second-order valence-electron chi connectivity index (χ2n) is 3.94. The number of hydrogen-bond acceptors (Lipinski definition) is 5. The maximum absolute atomic E-state index is 9.56. The van der Waals surface area contributed by atoms with Gasteiger partial charge in [0.05, 0.1) is 12.3 Å². The van der Waals surface area contributed by atoms with Crippen LogP contribution in [0.15, 0.2) is 12.5 Å². The van der Waals surface area contributed by atoms with E-state index in [1.54, 1.807) is 0 Å². The third-order valence-corrected chi connectivity index (χ3v) is 2.81. The van der Waals surface area contributed by atoms with Crippen molar-refractivity contribution in [1.29, 1.82) is 5.26 Å². The Morgan fingerprint density at radius 3 is 3.12 bits per heavy atom. The lowest BCUT2D eigenvalue weighted by Crippen LogP contribution is -2.26. The fraction of sp³-hybridized carbons (Fsp3) is 0.545. The number of nitrogens with zero attached hydrogens (tertiary/aromatic N) is 4. The van der Waals surface area contributed by atoms with Crippen molar-refractivity contribution < 1.29 is 5.11 Å². The highest BCUT2D eigenvalue weighted by atomic mass is 16.3. The molecule has 1 N–H and O–H groups in total. The number of nitriles is 1. The van der Waals surface area contributed by atoms with Gasteiger partial charge < -0.3 is 10.0 Å². The number of rotatable bonds is 1. The van der Waals surface area contributed by atoms with E-state index in [0.29, 0.717) is 11.4 Å². The smallest absolute Gasteiger partial charge is 0.149 e. The van der Waals surface area contributed by atoms with Gasteiger partial charge in [0, 0.05) is 13.1 Å². The van der Waals surface area contributed by atoms with Crippen LogP contribution < -0.4 is 4.90 Å². The van der Waals surface area contributed by atoms with Crippen LogP contribution in [0.5, 0.6) is 0 Å². The Hall–Kier alpha value is -1.67. The number of anilines is 1. The fourth-order valence-corrected chi connectivity index (χ4v) is 1.94. The van der Waals surface area contributed by atoms with Crippen LogP contribution in [-0.4, -0.2) is 34.3 Å². The molecule has 0 radical (unpaired) electrons. The van der Waals surface area contributed by atoms with Crippen LogP contribution in [0.4, 0.5) is 5.82 Å². The van der Waals surface area contributed by atoms with Crippen molar-refractivity contribution >= 4 is 5.82 Å². The van der Waals surface area contributed by atoms with Crippen molar-refractivity contribution in [3.63, 3.8) is 0 Å². The summed E-state index contributed by atoms with van der Waals surface area (Å²) in [5.74, 6) is 0.687. The van der Waals surface area contributed by atoms with Crippen molar-refractivity contribution in [2.24, 2.45) is 0 Å². The van der Waals surface area contributed by atoms with Gasteiger partial charge in [-0.05, 0) is 19.3 Å². The zero-order valence-corrected chi connectivity index (χ0v) is 9.00. The minimum absolute atomic E-state index is 0.225. The zero-order chi connectivity index (χ0) is 11.4. The second kappa shape index (κ2) is 4.90. The summed E-state index contributed by atoms with van der Waals surface area (Å²) in [6, 6.07) is 2.10. The Balaban J connectivity index is 2.20. The Morgan fingerprint density at radius 1 is 1.44 bits per heavy atom. The van der Waals surface area contributed by atoms with Crippen LogP contribution >= 0.6 is 0 Å². The van der Waals surface area contributed by atoms with Gasteiger partial charge in [0.15, 0.2) is 0 Å². The zero-order valence-electron chi connectivity index (χ0n) is 9.00. The van der Waals surface area contributed by atoms with Gasteiger partial charge in [-0.15, -0.1) is 0 Å². The SMILES string of the molecule is N#Cc1cncnc1N1CCCC(O)CC1. The van der Waals surface area contributed by atoms with Gasteiger partial charge in [0.2, 0.25) is 0 Å². The van der Waals surface area contributed by atoms with Gasteiger partial charge >= 0.3 is 0 Å². The lowest BCUT2D eigenvalue weighted by atomic mass is 10.2. The Labute approximate surface area is 94.4 Å². The molecule has 0 aliphatic carbocycles. The second-order valence-corrected chi connectivity index (χ2v) is 3.94. The molecule has 1 fully saturated rings. The molecule has 2 rings (SSSR count). The molecule has 5 heteroatoms. The standard InChI is InChI=1S/C11H14N4O/c12-6-9-7-13-8-14-11(9)15-4-1-2-10(16)3-5-15/h7-8,10,16H,1-5H2. The van der Waals surface area contributed by atoms with Crippen molar-refractivity contribution in [3.05, 3.63) is 18.1 Å². The van der Waals surface area contributed by atoms with Crippen molar-refractivity contribution in [1.82, 2.24) is 9.97 Å². The van der Waals surface area contributed by atoms with E-state index in [4.69, 9.17) is 5.26 Å². The Bertz CT molecular complexity index is 401. The van der Waals surface area contributed by atoms with Gasteiger partial charge in [0.1, 0.15) is 23.8 Å². The summed E-state index contributed by atoms with van der Waals surface area (Å²) in [4.78, 5) is 10.0. The third-order valence-electron chi connectivity index (χ3n) is 2.81. The van der Waals surface area contributed by atoms with Crippen LogP contribution in [0, 0.1) is 11.3 Å². The first-order valence-corrected chi connectivity index (χ1v) is 5.44. The lowest BCUT2D eigenvalue weighted by Gasteiger charge is -2.21. The average molecular weight is 218 g/mol. The molecule has 0 bridgehead atoms. The van der Waals surface area contributed by atoms with E-state index in [1.165, 1.54) is 12.5 Å². The molecular weight excluding hydrogens is 204 g/mol. The van der Waals surface area contributed by atoms with Gasteiger partial charge in [-0.25, -0.2) is 9.97 Å². The van der Waals surface area contributed by atoms with E-state index < -0.39 is 0 Å². The predicted molar refractivity (Wildman–Crippen MR) is 58.8 cm³/mol. The molecule has 1 atom stereocenters. The molecule has 1 aliphatic rings.